The van der Waals surface area contributed by atoms with Gasteiger partial charge in [0.25, 0.3) is 0 Å². The van der Waals surface area contributed by atoms with Gasteiger partial charge in [-0.15, -0.1) is 0 Å². The van der Waals surface area contributed by atoms with Crippen LogP contribution in [0.25, 0.3) is 6.08 Å². The lowest BCUT2D eigenvalue weighted by Gasteiger charge is -2.22. The first kappa shape index (κ1) is 15.5. The van der Waals surface area contributed by atoms with Crippen LogP contribution in [0, 0.1) is 17.8 Å². The van der Waals surface area contributed by atoms with Crippen molar-refractivity contribution in [2.45, 2.75) is 39.0 Å². The second kappa shape index (κ2) is 6.82. The Balaban J connectivity index is 1.51. The highest BCUT2D eigenvalue weighted by Gasteiger charge is 2.37. The van der Waals surface area contributed by atoms with Crippen molar-refractivity contribution in [3.05, 3.63) is 39.8 Å². The average molecular weight is 300 g/mol. The largest absolute Gasteiger partial charge is 0.318 e. The molecule has 0 spiro atoms. The van der Waals surface area contributed by atoms with Gasteiger partial charge in [0, 0.05) is 19.3 Å². The minimum Gasteiger partial charge on any atom is -0.318 e. The Bertz CT molecular complexity index is 596. The second-order valence-corrected chi connectivity index (χ2v) is 7.17. The molecule has 2 fully saturated rings. The normalized spacial score (nSPS) is 26.2. The van der Waals surface area contributed by atoms with Crippen LogP contribution in [-0.4, -0.2) is 17.7 Å². The van der Waals surface area contributed by atoms with E-state index in [0.29, 0.717) is 0 Å². The van der Waals surface area contributed by atoms with E-state index in [1.165, 1.54) is 50.8 Å². The molecule has 3 rings (SSSR count). The second-order valence-electron chi connectivity index (χ2n) is 7.17. The summed E-state index contributed by atoms with van der Waals surface area (Å²) in [6.45, 7) is 4.68. The minimum atomic E-state index is 0.0565. The molecule has 2 aliphatic rings. The summed E-state index contributed by atoms with van der Waals surface area (Å²) in [7, 11) is 1.81. The van der Waals surface area contributed by atoms with Crippen LogP contribution < -0.4 is 10.9 Å². The summed E-state index contributed by atoms with van der Waals surface area (Å²) in [5.74, 6) is 2.63. The van der Waals surface area contributed by atoms with Crippen molar-refractivity contribution in [2.75, 3.05) is 13.1 Å². The fourth-order valence-corrected chi connectivity index (χ4v) is 3.82. The molecule has 22 heavy (non-hydrogen) atoms. The van der Waals surface area contributed by atoms with Crippen molar-refractivity contribution in [3.8, 4) is 0 Å². The van der Waals surface area contributed by atoms with Gasteiger partial charge in [-0.25, -0.2) is 0 Å². The van der Waals surface area contributed by atoms with Crippen molar-refractivity contribution >= 4 is 6.08 Å². The zero-order valence-corrected chi connectivity index (χ0v) is 13.8. The van der Waals surface area contributed by atoms with Crippen LogP contribution in [0.15, 0.2) is 28.7 Å². The standard InChI is InChI=1S/C19H28N2O/c1-14(11-16-4-6-19(22)21(2)13-16)18-12-17(18)5-3-15-7-9-20-10-8-15/h4,6,11,13,15,17-18,20H,3,5,7-10,12H2,1-2H3/b14-11+. The molecule has 120 valence electrons. The summed E-state index contributed by atoms with van der Waals surface area (Å²) >= 11 is 0. The number of hydrogen-bond donors (Lipinski definition) is 1. The molecule has 2 heterocycles. The zero-order valence-electron chi connectivity index (χ0n) is 13.8. The molecule has 1 aliphatic carbocycles. The van der Waals surface area contributed by atoms with Crippen LogP contribution >= 0.6 is 0 Å². The van der Waals surface area contributed by atoms with Crippen molar-refractivity contribution in [1.82, 2.24) is 9.88 Å². The van der Waals surface area contributed by atoms with E-state index < -0.39 is 0 Å². The highest BCUT2D eigenvalue weighted by molar-refractivity contribution is 5.52. The molecule has 0 radical (unpaired) electrons. The third-order valence-corrected chi connectivity index (χ3v) is 5.41. The van der Waals surface area contributed by atoms with Crippen LogP contribution in [0.3, 0.4) is 0 Å². The number of allylic oxidation sites excluding steroid dienone is 1. The number of nitrogens with zero attached hydrogens (tertiary/aromatic N) is 1. The van der Waals surface area contributed by atoms with Gasteiger partial charge < -0.3 is 9.88 Å². The van der Waals surface area contributed by atoms with Gasteiger partial charge in [-0.3, -0.25) is 4.79 Å². The van der Waals surface area contributed by atoms with E-state index >= 15 is 0 Å². The Labute approximate surface area is 133 Å². The van der Waals surface area contributed by atoms with E-state index in [0.717, 1.165) is 23.3 Å². The molecule has 1 aromatic heterocycles. The molecular weight excluding hydrogens is 272 g/mol. The van der Waals surface area contributed by atoms with Gasteiger partial charge in [0.15, 0.2) is 0 Å². The first-order valence-electron chi connectivity index (χ1n) is 8.69. The van der Waals surface area contributed by atoms with Crippen molar-refractivity contribution < 1.29 is 0 Å². The molecule has 3 heteroatoms. The Morgan fingerprint density at radius 3 is 2.82 bits per heavy atom. The fraction of sp³-hybridized carbons (Fsp3) is 0.632. The molecule has 2 unspecified atom stereocenters. The maximum Gasteiger partial charge on any atom is 0.250 e. The quantitative estimate of drug-likeness (QED) is 0.906. The fourth-order valence-electron chi connectivity index (χ4n) is 3.82. The number of nitrogens with one attached hydrogen (secondary N) is 1. The molecule has 1 saturated carbocycles. The monoisotopic (exact) mass is 300 g/mol. The molecule has 0 aromatic carbocycles. The third kappa shape index (κ3) is 3.89. The summed E-state index contributed by atoms with van der Waals surface area (Å²) in [5, 5.41) is 3.45. The Morgan fingerprint density at radius 1 is 1.32 bits per heavy atom. The van der Waals surface area contributed by atoms with Gasteiger partial charge in [-0.1, -0.05) is 18.1 Å². The van der Waals surface area contributed by atoms with Gasteiger partial charge in [-0.2, -0.15) is 0 Å². The molecule has 1 aromatic rings. The predicted octanol–water partition coefficient (Wildman–Crippen LogP) is 3.20. The zero-order chi connectivity index (χ0) is 15.5. The molecule has 2 atom stereocenters. The highest BCUT2D eigenvalue weighted by atomic mass is 16.1. The van der Waals surface area contributed by atoms with Crippen molar-refractivity contribution in [3.63, 3.8) is 0 Å². The molecule has 1 saturated heterocycles. The van der Waals surface area contributed by atoms with E-state index in [1.54, 1.807) is 10.6 Å². The van der Waals surface area contributed by atoms with Gasteiger partial charge in [0.05, 0.1) is 0 Å². The Morgan fingerprint density at radius 2 is 2.09 bits per heavy atom. The highest BCUT2D eigenvalue weighted by Crippen LogP contribution is 2.48. The maximum absolute atomic E-state index is 11.4. The Kier molecular flexibility index (Phi) is 4.82. The first-order chi connectivity index (χ1) is 10.6. The smallest absolute Gasteiger partial charge is 0.250 e. The van der Waals surface area contributed by atoms with Gasteiger partial charge in [0.2, 0.25) is 5.56 Å². The summed E-state index contributed by atoms with van der Waals surface area (Å²) in [6.07, 6.45) is 11.1. The minimum absolute atomic E-state index is 0.0565. The molecular formula is C19H28N2O. The van der Waals surface area contributed by atoms with E-state index in [4.69, 9.17) is 0 Å². The number of aromatic nitrogens is 1. The van der Waals surface area contributed by atoms with Gasteiger partial charge in [0.1, 0.15) is 0 Å². The van der Waals surface area contributed by atoms with Crippen molar-refractivity contribution in [2.24, 2.45) is 24.8 Å². The van der Waals surface area contributed by atoms with E-state index in [2.05, 4.69) is 18.3 Å². The van der Waals surface area contributed by atoms with E-state index in [9.17, 15) is 4.79 Å². The summed E-state index contributed by atoms with van der Waals surface area (Å²) in [5.41, 5.74) is 2.68. The molecule has 0 bridgehead atoms. The molecule has 3 nitrogen and oxygen atoms in total. The Hall–Kier alpha value is -1.35. The SMILES string of the molecule is C/C(=C\c1ccc(=O)n(C)c1)C1CC1CCC1CCNCC1. The molecule has 1 aliphatic heterocycles. The van der Waals surface area contributed by atoms with Crippen LogP contribution in [0.5, 0.6) is 0 Å². The number of piperidine rings is 1. The molecule has 1 N–H and O–H groups in total. The van der Waals surface area contributed by atoms with Gasteiger partial charge >= 0.3 is 0 Å². The lowest BCUT2D eigenvalue weighted by molar-refractivity contribution is 0.339. The maximum atomic E-state index is 11.4. The number of pyridine rings is 1. The van der Waals surface area contributed by atoms with Crippen LogP contribution in [0.2, 0.25) is 0 Å². The third-order valence-electron chi connectivity index (χ3n) is 5.41. The summed E-state index contributed by atoms with van der Waals surface area (Å²) < 4.78 is 1.65. The molecule has 0 amide bonds. The van der Waals surface area contributed by atoms with Crippen LogP contribution in [-0.2, 0) is 7.05 Å². The van der Waals surface area contributed by atoms with Gasteiger partial charge in [-0.05, 0) is 75.1 Å². The summed E-state index contributed by atoms with van der Waals surface area (Å²) in [6, 6.07) is 3.58. The average Bonchev–Trinajstić information content (AvgIpc) is 3.30. The topological polar surface area (TPSA) is 34.0 Å². The lowest BCUT2D eigenvalue weighted by Crippen LogP contribution is -2.27. The number of rotatable bonds is 5. The van der Waals surface area contributed by atoms with E-state index in [1.807, 2.05) is 19.3 Å². The first-order valence-corrected chi connectivity index (χ1v) is 8.69. The predicted molar refractivity (Wildman–Crippen MR) is 91.8 cm³/mol. The number of hydrogen-bond acceptors (Lipinski definition) is 2. The van der Waals surface area contributed by atoms with Crippen LogP contribution in [0.4, 0.5) is 0 Å². The van der Waals surface area contributed by atoms with E-state index in [-0.39, 0.29) is 5.56 Å². The van der Waals surface area contributed by atoms with Crippen molar-refractivity contribution in [1.29, 1.82) is 0 Å². The lowest BCUT2D eigenvalue weighted by atomic mass is 9.91. The number of aryl methyl sites for hydroxylation is 1. The van der Waals surface area contributed by atoms with Crippen LogP contribution in [0.1, 0.15) is 44.6 Å². The summed E-state index contributed by atoms with van der Waals surface area (Å²) in [4.78, 5) is 11.4.